The van der Waals surface area contributed by atoms with Crippen molar-refractivity contribution >= 4 is 52.5 Å². The van der Waals surface area contributed by atoms with Crippen molar-refractivity contribution in [1.82, 2.24) is 20.1 Å². The summed E-state index contributed by atoms with van der Waals surface area (Å²) in [7, 11) is 1.57. The Balaban J connectivity index is 1.74. The number of halogens is 2. The minimum absolute atomic E-state index is 0.0214. The Kier molecular flexibility index (Phi) is 9.81. The molecule has 36 heavy (non-hydrogen) atoms. The van der Waals surface area contributed by atoms with Crippen LogP contribution in [0.4, 0.5) is 5.69 Å². The van der Waals surface area contributed by atoms with Crippen LogP contribution in [0.5, 0.6) is 5.75 Å². The fraction of sp³-hybridized carbons (Fsp3) is 0.280. The molecule has 1 atom stereocenters. The van der Waals surface area contributed by atoms with Crippen molar-refractivity contribution in [3.63, 3.8) is 0 Å². The van der Waals surface area contributed by atoms with Crippen molar-refractivity contribution in [2.45, 2.75) is 31.6 Å². The molecule has 0 bridgehead atoms. The number of carbonyl (C=O) groups is 2. The topological polar surface area (TPSA) is 98.1 Å². The van der Waals surface area contributed by atoms with Gasteiger partial charge in [-0.3, -0.25) is 9.59 Å². The van der Waals surface area contributed by atoms with Crippen LogP contribution in [0.1, 0.15) is 36.1 Å². The fourth-order valence-corrected chi connectivity index (χ4v) is 4.55. The molecule has 0 saturated carbocycles. The second-order valence-electron chi connectivity index (χ2n) is 8.12. The number of allylic oxidation sites excluding steroid dienone is 1. The molecule has 2 amide bonds. The van der Waals surface area contributed by atoms with Gasteiger partial charge in [-0.2, -0.15) is 0 Å². The van der Waals surface area contributed by atoms with E-state index in [2.05, 4.69) is 27.4 Å². The summed E-state index contributed by atoms with van der Waals surface area (Å²) in [5.41, 5.74) is 0.976. The first kappa shape index (κ1) is 27.6. The van der Waals surface area contributed by atoms with Crippen LogP contribution >= 0.6 is 35.0 Å². The zero-order valence-electron chi connectivity index (χ0n) is 20.1. The molecule has 1 heterocycles. The number of hydrogen-bond acceptors (Lipinski definition) is 6. The lowest BCUT2D eigenvalue weighted by Crippen LogP contribution is -2.33. The van der Waals surface area contributed by atoms with E-state index in [-0.39, 0.29) is 23.5 Å². The first-order valence-electron chi connectivity index (χ1n) is 11.1. The third-order valence-electron chi connectivity index (χ3n) is 5.18. The molecule has 8 nitrogen and oxygen atoms in total. The van der Waals surface area contributed by atoms with Gasteiger partial charge in [0, 0.05) is 17.1 Å². The second kappa shape index (κ2) is 12.8. The van der Waals surface area contributed by atoms with Crippen LogP contribution in [0.3, 0.4) is 0 Å². The number of benzene rings is 2. The van der Waals surface area contributed by atoms with Gasteiger partial charge in [-0.15, -0.1) is 16.8 Å². The summed E-state index contributed by atoms with van der Waals surface area (Å²) in [6.07, 6.45) is 1.72. The molecule has 0 radical (unpaired) electrons. The highest BCUT2D eigenvalue weighted by molar-refractivity contribution is 7.99. The Labute approximate surface area is 224 Å². The number of nitrogens with one attached hydrogen (secondary N) is 2. The Hall–Kier alpha value is -3.01. The monoisotopic (exact) mass is 547 g/mol. The van der Waals surface area contributed by atoms with E-state index >= 15 is 0 Å². The number of anilines is 1. The third-order valence-corrected chi connectivity index (χ3v) is 6.69. The van der Waals surface area contributed by atoms with Gasteiger partial charge in [0.2, 0.25) is 5.91 Å². The van der Waals surface area contributed by atoms with Gasteiger partial charge in [-0.25, -0.2) is 0 Å². The molecule has 2 aromatic carbocycles. The van der Waals surface area contributed by atoms with Crippen LogP contribution in [-0.4, -0.2) is 39.4 Å². The quantitative estimate of drug-likeness (QED) is 0.238. The summed E-state index contributed by atoms with van der Waals surface area (Å²) in [5, 5.41) is 15.8. The standard InChI is InChI=1S/C25H27Cl2N5O3S/c1-5-12-32-23(22(15(2)3)29-24(34)16-6-9-18(35-4)10-7-16)30-31-25(32)36-14-21(33)28-20-11-8-17(26)13-19(20)27/h5-11,13,15,22H,1,12,14H2,2-4H3,(H,28,33)(H,29,34)/t22-/m1/s1. The number of carbonyl (C=O) groups excluding carboxylic acids is 2. The van der Waals surface area contributed by atoms with Gasteiger partial charge in [-0.05, 0) is 48.4 Å². The molecule has 3 rings (SSSR count). The number of ether oxygens (including phenoxy) is 1. The van der Waals surface area contributed by atoms with E-state index in [4.69, 9.17) is 27.9 Å². The summed E-state index contributed by atoms with van der Waals surface area (Å²) in [5.74, 6) is 0.856. The van der Waals surface area contributed by atoms with Crippen molar-refractivity contribution in [1.29, 1.82) is 0 Å². The largest absolute Gasteiger partial charge is 0.497 e. The minimum atomic E-state index is -0.414. The zero-order valence-corrected chi connectivity index (χ0v) is 22.5. The molecule has 2 N–H and O–H groups in total. The van der Waals surface area contributed by atoms with Crippen LogP contribution in [0.25, 0.3) is 0 Å². The van der Waals surface area contributed by atoms with Crippen LogP contribution < -0.4 is 15.4 Å². The maximum atomic E-state index is 12.9. The highest BCUT2D eigenvalue weighted by Crippen LogP contribution is 2.28. The molecular weight excluding hydrogens is 521 g/mol. The highest BCUT2D eigenvalue weighted by atomic mass is 35.5. The number of hydrogen-bond donors (Lipinski definition) is 2. The summed E-state index contributed by atoms with van der Waals surface area (Å²) >= 11 is 13.3. The van der Waals surface area contributed by atoms with E-state index in [1.807, 2.05) is 18.4 Å². The SMILES string of the molecule is C=CCn1c(SCC(=O)Nc2ccc(Cl)cc2Cl)nnc1[C@H](NC(=O)c1ccc(OC)cc1)C(C)C. The van der Waals surface area contributed by atoms with Gasteiger partial charge < -0.3 is 19.9 Å². The summed E-state index contributed by atoms with van der Waals surface area (Å²) in [4.78, 5) is 25.5. The van der Waals surface area contributed by atoms with Crippen LogP contribution in [-0.2, 0) is 11.3 Å². The Morgan fingerprint density at radius 2 is 1.89 bits per heavy atom. The first-order chi connectivity index (χ1) is 17.2. The van der Waals surface area contributed by atoms with Crippen molar-refractivity contribution in [3.8, 4) is 5.75 Å². The maximum Gasteiger partial charge on any atom is 0.251 e. The Morgan fingerprint density at radius 3 is 2.50 bits per heavy atom. The van der Waals surface area contributed by atoms with E-state index in [1.165, 1.54) is 11.8 Å². The van der Waals surface area contributed by atoms with Crippen molar-refractivity contribution in [3.05, 3.63) is 76.6 Å². The number of methoxy groups -OCH3 is 1. The molecule has 11 heteroatoms. The Morgan fingerprint density at radius 1 is 1.17 bits per heavy atom. The molecule has 0 saturated heterocycles. The van der Waals surface area contributed by atoms with Gasteiger partial charge in [0.25, 0.3) is 5.91 Å². The smallest absolute Gasteiger partial charge is 0.251 e. The molecule has 0 aliphatic rings. The van der Waals surface area contributed by atoms with E-state index in [1.54, 1.807) is 55.7 Å². The molecule has 0 unspecified atom stereocenters. The van der Waals surface area contributed by atoms with Gasteiger partial charge in [0.05, 0.1) is 29.6 Å². The van der Waals surface area contributed by atoms with Crippen molar-refractivity contribution in [2.24, 2.45) is 5.92 Å². The first-order valence-corrected chi connectivity index (χ1v) is 12.8. The predicted octanol–water partition coefficient (Wildman–Crippen LogP) is 5.64. The second-order valence-corrected chi connectivity index (χ2v) is 9.91. The molecule has 0 fully saturated rings. The van der Waals surface area contributed by atoms with Crippen molar-refractivity contribution < 1.29 is 14.3 Å². The molecule has 0 aliphatic heterocycles. The predicted molar refractivity (Wildman–Crippen MR) is 144 cm³/mol. The van der Waals surface area contributed by atoms with E-state index in [0.717, 1.165) is 0 Å². The lowest BCUT2D eigenvalue weighted by atomic mass is 10.0. The maximum absolute atomic E-state index is 12.9. The van der Waals surface area contributed by atoms with Gasteiger partial charge in [0.15, 0.2) is 11.0 Å². The van der Waals surface area contributed by atoms with Gasteiger partial charge >= 0.3 is 0 Å². The fourth-order valence-electron chi connectivity index (χ4n) is 3.34. The summed E-state index contributed by atoms with van der Waals surface area (Å²) in [6.45, 7) is 8.21. The lowest BCUT2D eigenvalue weighted by Gasteiger charge is -2.22. The molecule has 1 aromatic heterocycles. The number of amides is 2. The molecule has 0 spiro atoms. The molecular formula is C25H27Cl2N5O3S. The average Bonchev–Trinajstić information content (AvgIpc) is 3.25. The summed E-state index contributed by atoms with van der Waals surface area (Å²) in [6, 6.07) is 11.3. The molecule has 0 aliphatic carbocycles. The molecule has 3 aromatic rings. The minimum Gasteiger partial charge on any atom is -0.497 e. The number of aromatic nitrogens is 3. The van der Waals surface area contributed by atoms with Crippen molar-refractivity contribution in [2.75, 3.05) is 18.2 Å². The van der Waals surface area contributed by atoms with E-state index in [9.17, 15) is 9.59 Å². The lowest BCUT2D eigenvalue weighted by molar-refractivity contribution is -0.113. The Bertz CT molecular complexity index is 1230. The summed E-state index contributed by atoms with van der Waals surface area (Å²) < 4.78 is 7.01. The zero-order chi connectivity index (χ0) is 26.2. The van der Waals surface area contributed by atoms with Crippen LogP contribution in [0.15, 0.2) is 60.3 Å². The number of nitrogens with zero attached hydrogens (tertiary/aromatic N) is 3. The van der Waals surface area contributed by atoms with E-state index < -0.39 is 6.04 Å². The van der Waals surface area contributed by atoms with E-state index in [0.29, 0.717) is 44.6 Å². The number of thioether (sulfide) groups is 1. The normalized spacial score (nSPS) is 11.7. The third kappa shape index (κ3) is 7.02. The highest BCUT2D eigenvalue weighted by Gasteiger charge is 2.26. The van der Waals surface area contributed by atoms with Gasteiger partial charge in [0.1, 0.15) is 5.75 Å². The average molecular weight is 548 g/mol. The van der Waals surface area contributed by atoms with Crippen LogP contribution in [0.2, 0.25) is 10.0 Å². The van der Waals surface area contributed by atoms with Gasteiger partial charge in [-0.1, -0.05) is 54.9 Å². The van der Waals surface area contributed by atoms with Crippen LogP contribution in [0, 0.1) is 5.92 Å². The number of rotatable bonds is 11. The molecule has 190 valence electrons.